The topological polar surface area (TPSA) is 69.7 Å². The van der Waals surface area contributed by atoms with Crippen LogP contribution in [0.2, 0.25) is 0 Å². The van der Waals surface area contributed by atoms with Crippen molar-refractivity contribution in [1.82, 2.24) is 0 Å². The Morgan fingerprint density at radius 1 is 0.923 bits per heavy atom. The minimum atomic E-state index is -3.83. The Hall–Kier alpha value is -2.96. The van der Waals surface area contributed by atoms with Gasteiger partial charge in [0.15, 0.2) is 15.6 Å². The largest absolute Gasteiger partial charge is 0.494 e. The summed E-state index contributed by atoms with van der Waals surface area (Å²) < 4.78 is 36.9. The minimum Gasteiger partial charge on any atom is -0.494 e. The molecular formula is C33H42O5S. The van der Waals surface area contributed by atoms with Crippen molar-refractivity contribution >= 4 is 15.6 Å². The van der Waals surface area contributed by atoms with E-state index in [0.29, 0.717) is 12.4 Å². The van der Waals surface area contributed by atoms with E-state index in [4.69, 9.17) is 9.47 Å². The number of carbonyl (C=O) groups excluding carboxylic acids is 1. The van der Waals surface area contributed by atoms with Gasteiger partial charge in [-0.3, -0.25) is 4.79 Å². The first-order valence-corrected chi connectivity index (χ1v) is 15.1. The van der Waals surface area contributed by atoms with Crippen molar-refractivity contribution in [2.45, 2.75) is 76.4 Å². The molecule has 0 N–H and O–H groups in total. The van der Waals surface area contributed by atoms with Gasteiger partial charge in [-0.2, -0.15) is 0 Å². The highest BCUT2D eigenvalue weighted by Crippen LogP contribution is 2.37. The molecule has 3 aromatic rings. The van der Waals surface area contributed by atoms with Crippen LogP contribution in [0.5, 0.6) is 5.75 Å². The molecule has 1 aliphatic heterocycles. The predicted molar refractivity (Wildman–Crippen MR) is 158 cm³/mol. The quantitative estimate of drug-likeness (QED) is 0.237. The van der Waals surface area contributed by atoms with Crippen molar-refractivity contribution in [3.63, 3.8) is 0 Å². The molecule has 6 heteroatoms. The van der Waals surface area contributed by atoms with Gasteiger partial charge >= 0.3 is 0 Å². The molecule has 1 aliphatic rings. The molecule has 39 heavy (non-hydrogen) atoms. The second-order valence-electron chi connectivity index (χ2n) is 10.1. The van der Waals surface area contributed by atoms with Crippen LogP contribution in [0.15, 0.2) is 71.6 Å². The van der Waals surface area contributed by atoms with Crippen LogP contribution in [0, 0.1) is 6.92 Å². The van der Waals surface area contributed by atoms with Gasteiger partial charge in [0.25, 0.3) is 0 Å². The van der Waals surface area contributed by atoms with Gasteiger partial charge in [-0.25, -0.2) is 8.42 Å². The highest BCUT2D eigenvalue weighted by molar-refractivity contribution is 7.93. The fourth-order valence-corrected chi connectivity index (χ4v) is 7.36. The van der Waals surface area contributed by atoms with Crippen LogP contribution >= 0.6 is 0 Å². The lowest BCUT2D eigenvalue weighted by Gasteiger charge is -2.35. The van der Waals surface area contributed by atoms with Gasteiger partial charge in [-0.15, -0.1) is 0 Å². The SMILES string of the molecule is C.CCC(=O)C1(S(=O)(=O)c2ccc(OCCCc3cccc(-c4cc(C)cc(CC)c4)c3)cc2)CCOCC1. The van der Waals surface area contributed by atoms with Crippen LogP contribution < -0.4 is 4.74 Å². The summed E-state index contributed by atoms with van der Waals surface area (Å²) in [6.07, 6.45) is 3.33. The van der Waals surface area contributed by atoms with Crippen LogP contribution in [-0.2, 0) is 32.2 Å². The summed E-state index contributed by atoms with van der Waals surface area (Å²) in [6.45, 7) is 7.11. The lowest BCUT2D eigenvalue weighted by Crippen LogP contribution is -2.50. The number of sulfone groups is 1. The predicted octanol–water partition coefficient (Wildman–Crippen LogP) is 7.17. The van der Waals surface area contributed by atoms with Crippen LogP contribution in [0.3, 0.4) is 0 Å². The zero-order chi connectivity index (χ0) is 27.2. The molecule has 0 spiro atoms. The molecule has 0 radical (unpaired) electrons. The van der Waals surface area contributed by atoms with Crippen LogP contribution in [0.1, 0.15) is 63.6 Å². The summed E-state index contributed by atoms with van der Waals surface area (Å²) >= 11 is 0. The fourth-order valence-electron chi connectivity index (χ4n) is 5.27. The number of aryl methyl sites for hydroxylation is 3. The summed E-state index contributed by atoms with van der Waals surface area (Å²) in [7, 11) is -3.83. The Labute approximate surface area is 234 Å². The second kappa shape index (κ2) is 13.4. The molecule has 0 aromatic heterocycles. The molecule has 4 rings (SSSR count). The lowest BCUT2D eigenvalue weighted by atomic mass is 9.92. The first-order valence-electron chi connectivity index (χ1n) is 13.6. The maximum atomic E-state index is 13.5. The summed E-state index contributed by atoms with van der Waals surface area (Å²) in [5.74, 6) is 0.380. The van der Waals surface area contributed by atoms with Gasteiger partial charge in [0.05, 0.1) is 11.5 Å². The molecule has 1 heterocycles. The first kappa shape index (κ1) is 30.6. The number of rotatable bonds is 11. The fraction of sp³-hybridized carbons (Fsp3) is 0.424. The maximum absolute atomic E-state index is 13.5. The molecular weight excluding hydrogens is 508 g/mol. The van der Waals surface area contributed by atoms with Crippen LogP contribution in [0.4, 0.5) is 0 Å². The number of hydrogen-bond acceptors (Lipinski definition) is 5. The zero-order valence-electron chi connectivity index (χ0n) is 22.7. The van der Waals surface area contributed by atoms with Crippen molar-refractivity contribution in [3.05, 3.63) is 83.4 Å². The maximum Gasteiger partial charge on any atom is 0.191 e. The van der Waals surface area contributed by atoms with Crippen molar-refractivity contribution in [2.75, 3.05) is 19.8 Å². The first-order chi connectivity index (χ1) is 18.3. The third kappa shape index (κ3) is 6.79. The van der Waals surface area contributed by atoms with Crippen LogP contribution in [-0.4, -0.2) is 38.8 Å². The molecule has 1 saturated heterocycles. The average molecular weight is 551 g/mol. The highest BCUT2D eigenvalue weighted by atomic mass is 32.2. The summed E-state index contributed by atoms with van der Waals surface area (Å²) in [5, 5.41) is 0. The lowest BCUT2D eigenvalue weighted by molar-refractivity contribution is -0.123. The molecule has 5 nitrogen and oxygen atoms in total. The Morgan fingerprint density at radius 3 is 2.28 bits per heavy atom. The number of Topliss-reactive ketones (excluding diaryl/α,β-unsaturated/α-hetero) is 1. The van der Waals surface area contributed by atoms with Crippen molar-refractivity contribution in [3.8, 4) is 16.9 Å². The van der Waals surface area contributed by atoms with E-state index >= 15 is 0 Å². The minimum absolute atomic E-state index is 0. The van der Waals surface area contributed by atoms with Gasteiger partial charge in [0, 0.05) is 19.6 Å². The standard InChI is InChI=1S/C32H38O5S.CH4/c1-4-25-20-24(3)21-28(22-25)27-10-6-8-26(23-27)9-7-17-37-29-11-13-30(14-12-29)38(34,35)32(31(33)5-2)15-18-36-19-16-32;/h6,8,10-14,20-23H,4-5,7,9,15-19H2,1-3H3;1H4. The number of benzene rings is 3. The summed E-state index contributed by atoms with van der Waals surface area (Å²) in [4.78, 5) is 12.9. The van der Waals surface area contributed by atoms with E-state index in [9.17, 15) is 13.2 Å². The Balaban J connectivity index is 0.00000420. The van der Waals surface area contributed by atoms with E-state index in [1.165, 1.54) is 27.8 Å². The molecule has 0 bridgehead atoms. The van der Waals surface area contributed by atoms with Gasteiger partial charge in [0.2, 0.25) is 0 Å². The molecule has 210 valence electrons. The molecule has 0 aliphatic carbocycles. The average Bonchev–Trinajstić information content (AvgIpc) is 2.95. The smallest absolute Gasteiger partial charge is 0.191 e. The second-order valence-corrected chi connectivity index (χ2v) is 12.3. The third-order valence-corrected chi connectivity index (χ3v) is 10.0. The van der Waals surface area contributed by atoms with E-state index in [2.05, 4.69) is 56.3 Å². The van der Waals surface area contributed by atoms with Crippen LogP contribution in [0.25, 0.3) is 11.1 Å². The van der Waals surface area contributed by atoms with Gasteiger partial charge in [0.1, 0.15) is 10.5 Å². The zero-order valence-corrected chi connectivity index (χ0v) is 23.5. The Bertz CT molecular complexity index is 1350. The van der Waals surface area contributed by atoms with E-state index in [1.807, 2.05) is 0 Å². The Kier molecular flexibility index (Phi) is 10.5. The van der Waals surface area contributed by atoms with Gasteiger partial charge < -0.3 is 9.47 Å². The van der Waals surface area contributed by atoms with E-state index in [1.54, 1.807) is 31.2 Å². The third-order valence-electron chi connectivity index (χ3n) is 7.46. The van der Waals surface area contributed by atoms with Crippen molar-refractivity contribution in [1.29, 1.82) is 0 Å². The normalized spacial score (nSPS) is 14.8. The summed E-state index contributed by atoms with van der Waals surface area (Å²) in [5.41, 5.74) is 6.35. The van der Waals surface area contributed by atoms with Gasteiger partial charge in [-0.05, 0) is 85.5 Å². The van der Waals surface area contributed by atoms with Crippen molar-refractivity contribution in [2.24, 2.45) is 0 Å². The number of hydrogen-bond donors (Lipinski definition) is 0. The van der Waals surface area contributed by atoms with E-state index < -0.39 is 14.6 Å². The molecule has 0 atom stereocenters. The molecule has 0 unspecified atom stereocenters. The van der Waals surface area contributed by atoms with Crippen molar-refractivity contribution < 1.29 is 22.7 Å². The molecule has 0 saturated carbocycles. The van der Waals surface area contributed by atoms with E-state index in [0.717, 1.165) is 19.3 Å². The molecule has 3 aromatic carbocycles. The van der Waals surface area contributed by atoms with E-state index in [-0.39, 0.29) is 50.6 Å². The number of ether oxygens (including phenoxy) is 2. The summed E-state index contributed by atoms with van der Waals surface area (Å²) in [6, 6.07) is 21.9. The number of ketones is 1. The molecule has 1 fully saturated rings. The number of carbonyl (C=O) groups is 1. The monoisotopic (exact) mass is 550 g/mol. The molecule has 0 amide bonds. The van der Waals surface area contributed by atoms with Gasteiger partial charge in [-0.1, -0.05) is 69.3 Å². The highest BCUT2D eigenvalue weighted by Gasteiger charge is 2.50. The Morgan fingerprint density at radius 2 is 1.62 bits per heavy atom.